The Morgan fingerprint density at radius 1 is 1.45 bits per heavy atom. The van der Waals surface area contributed by atoms with E-state index in [0.717, 1.165) is 5.75 Å². The van der Waals surface area contributed by atoms with E-state index in [1.807, 2.05) is 36.4 Å². The number of rotatable bonds is 5. The van der Waals surface area contributed by atoms with Crippen molar-refractivity contribution >= 4 is 11.7 Å². The molecule has 0 radical (unpaired) electrons. The number of benzene rings is 1. The van der Waals surface area contributed by atoms with Crippen LogP contribution in [0.4, 0.5) is 5.82 Å². The lowest BCUT2D eigenvalue weighted by Gasteiger charge is -2.05. The van der Waals surface area contributed by atoms with E-state index in [2.05, 4.69) is 10.4 Å². The van der Waals surface area contributed by atoms with Gasteiger partial charge in [-0.3, -0.25) is 9.48 Å². The van der Waals surface area contributed by atoms with Crippen molar-refractivity contribution in [2.24, 2.45) is 7.05 Å². The summed E-state index contributed by atoms with van der Waals surface area (Å²) in [5.41, 5.74) is 0.338. The molecule has 0 aliphatic rings. The minimum atomic E-state index is -0.240. The maximum Gasteiger partial charge on any atom is 0.229 e. The number of nitriles is 1. The molecule has 0 spiro atoms. The Morgan fingerprint density at radius 2 is 2.20 bits per heavy atom. The smallest absolute Gasteiger partial charge is 0.229 e. The number of nitrogens with zero attached hydrogens (tertiary/aromatic N) is 3. The summed E-state index contributed by atoms with van der Waals surface area (Å²) in [7, 11) is 1.69. The monoisotopic (exact) mass is 270 g/mol. The molecule has 0 aliphatic heterocycles. The van der Waals surface area contributed by atoms with Gasteiger partial charge in [-0.2, -0.15) is 10.4 Å². The number of carbonyl (C=O) groups is 1. The van der Waals surface area contributed by atoms with Crippen LogP contribution in [0.1, 0.15) is 12.0 Å². The van der Waals surface area contributed by atoms with Crippen molar-refractivity contribution in [1.29, 1.82) is 5.26 Å². The van der Waals surface area contributed by atoms with Crippen molar-refractivity contribution in [1.82, 2.24) is 9.78 Å². The Labute approximate surface area is 116 Å². The van der Waals surface area contributed by atoms with Crippen molar-refractivity contribution in [2.75, 3.05) is 11.9 Å². The zero-order valence-electron chi connectivity index (χ0n) is 11.0. The van der Waals surface area contributed by atoms with E-state index in [1.165, 1.54) is 4.68 Å². The van der Waals surface area contributed by atoms with Gasteiger partial charge in [0.2, 0.25) is 5.91 Å². The predicted molar refractivity (Wildman–Crippen MR) is 73.1 cm³/mol. The van der Waals surface area contributed by atoms with Crippen LogP contribution in [0.5, 0.6) is 5.75 Å². The van der Waals surface area contributed by atoms with Gasteiger partial charge in [-0.25, -0.2) is 0 Å². The van der Waals surface area contributed by atoms with Gasteiger partial charge in [0.05, 0.1) is 13.0 Å². The van der Waals surface area contributed by atoms with Gasteiger partial charge in [0, 0.05) is 13.2 Å². The van der Waals surface area contributed by atoms with Crippen molar-refractivity contribution in [3.63, 3.8) is 0 Å². The summed E-state index contributed by atoms with van der Waals surface area (Å²) in [6, 6.07) is 11.2. The van der Waals surface area contributed by atoms with E-state index in [4.69, 9.17) is 10.00 Å². The Bertz CT molecular complexity index is 628. The second kappa shape index (κ2) is 6.38. The summed E-state index contributed by atoms with van der Waals surface area (Å²) in [6.45, 7) is 0.268. The summed E-state index contributed by atoms with van der Waals surface area (Å²) < 4.78 is 6.91. The van der Waals surface area contributed by atoms with Crippen LogP contribution in [-0.2, 0) is 11.8 Å². The normalized spacial score (nSPS) is 9.80. The van der Waals surface area contributed by atoms with Gasteiger partial charge in [0.25, 0.3) is 0 Å². The standard InChI is InChI=1S/C14H14N4O2/c1-18-10-11(9-15)14(17-18)16-13(19)7-8-20-12-5-3-2-4-6-12/h2-6,10H,7-8H2,1H3,(H,16,17,19). The van der Waals surface area contributed by atoms with Crippen LogP contribution in [0, 0.1) is 11.3 Å². The van der Waals surface area contributed by atoms with Crippen LogP contribution in [0.25, 0.3) is 0 Å². The van der Waals surface area contributed by atoms with E-state index in [9.17, 15) is 4.79 Å². The van der Waals surface area contributed by atoms with E-state index in [0.29, 0.717) is 5.56 Å². The quantitative estimate of drug-likeness (QED) is 0.896. The predicted octanol–water partition coefficient (Wildman–Crippen LogP) is 1.70. The fraction of sp³-hybridized carbons (Fsp3) is 0.214. The van der Waals surface area contributed by atoms with Gasteiger partial charge in [-0.1, -0.05) is 18.2 Å². The molecular formula is C14H14N4O2. The molecular weight excluding hydrogens is 256 g/mol. The number of anilines is 1. The third-order valence-corrected chi connectivity index (χ3v) is 2.55. The third-order valence-electron chi connectivity index (χ3n) is 2.55. The zero-order valence-corrected chi connectivity index (χ0v) is 11.0. The third kappa shape index (κ3) is 3.59. The van der Waals surface area contributed by atoms with Crippen LogP contribution in [0.2, 0.25) is 0 Å². The first kappa shape index (κ1) is 13.6. The number of hydrogen-bond donors (Lipinski definition) is 1. The summed E-state index contributed by atoms with van der Waals surface area (Å²) in [4.78, 5) is 11.7. The Balaban J connectivity index is 1.82. The zero-order chi connectivity index (χ0) is 14.4. The van der Waals surface area contributed by atoms with E-state index < -0.39 is 0 Å². The number of amides is 1. The first-order valence-corrected chi connectivity index (χ1v) is 6.10. The van der Waals surface area contributed by atoms with Gasteiger partial charge < -0.3 is 10.1 Å². The first-order chi connectivity index (χ1) is 9.69. The van der Waals surface area contributed by atoms with Gasteiger partial charge in [0.1, 0.15) is 17.4 Å². The Kier molecular flexibility index (Phi) is 4.35. The van der Waals surface area contributed by atoms with Crippen LogP contribution in [0.3, 0.4) is 0 Å². The topological polar surface area (TPSA) is 79.9 Å². The molecule has 102 valence electrons. The lowest BCUT2D eigenvalue weighted by molar-refractivity contribution is -0.116. The van der Waals surface area contributed by atoms with Crippen molar-refractivity contribution in [3.05, 3.63) is 42.1 Å². The van der Waals surface area contributed by atoms with Gasteiger partial charge in [0.15, 0.2) is 5.82 Å². The first-order valence-electron chi connectivity index (χ1n) is 6.10. The van der Waals surface area contributed by atoms with Gasteiger partial charge in [-0.05, 0) is 12.1 Å². The minimum absolute atomic E-state index is 0.191. The number of ether oxygens (including phenoxy) is 1. The average Bonchev–Trinajstić information content (AvgIpc) is 2.80. The SMILES string of the molecule is Cn1cc(C#N)c(NC(=O)CCOc2ccccc2)n1. The van der Waals surface area contributed by atoms with Crippen LogP contribution in [-0.4, -0.2) is 22.3 Å². The van der Waals surface area contributed by atoms with E-state index in [-0.39, 0.29) is 24.8 Å². The molecule has 0 saturated carbocycles. The van der Waals surface area contributed by atoms with Gasteiger partial charge in [-0.15, -0.1) is 0 Å². The molecule has 1 heterocycles. The number of aryl methyl sites for hydroxylation is 1. The number of nitrogens with one attached hydrogen (secondary N) is 1. The highest BCUT2D eigenvalue weighted by Crippen LogP contribution is 2.12. The molecule has 0 saturated heterocycles. The summed E-state index contributed by atoms with van der Waals surface area (Å²) >= 11 is 0. The molecule has 1 amide bonds. The molecule has 6 heteroatoms. The molecule has 2 aromatic rings. The summed E-state index contributed by atoms with van der Waals surface area (Å²) in [5, 5.41) is 15.5. The van der Waals surface area contributed by atoms with Crippen LogP contribution < -0.4 is 10.1 Å². The maximum atomic E-state index is 11.7. The molecule has 0 fully saturated rings. The lowest BCUT2D eigenvalue weighted by atomic mass is 10.3. The molecule has 6 nitrogen and oxygen atoms in total. The number of aromatic nitrogens is 2. The molecule has 0 bridgehead atoms. The fourth-order valence-corrected chi connectivity index (χ4v) is 1.64. The molecule has 1 aromatic carbocycles. The second-order valence-corrected chi connectivity index (χ2v) is 4.14. The maximum absolute atomic E-state index is 11.7. The molecule has 0 unspecified atom stereocenters. The molecule has 0 atom stereocenters. The highest BCUT2D eigenvalue weighted by Gasteiger charge is 2.10. The minimum Gasteiger partial charge on any atom is -0.493 e. The molecule has 20 heavy (non-hydrogen) atoms. The summed E-state index contributed by atoms with van der Waals surface area (Å²) in [6.07, 6.45) is 1.74. The number of carbonyl (C=O) groups excluding carboxylic acids is 1. The van der Waals surface area contributed by atoms with Crippen molar-refractivity contribution < 1.29 is 9.53 Å². The van der Waals surface area contributed by atoms with Gasteiger partial charge >= 0.3 is 0 Å². The average molecular weight is 270 g/mol. The van der Waals surface area contributed by atoms with Crippen molar-refractivity contribution in [2.45, 2.75) is 6.42 Å². The fourth-order valence-electron chi connectivity index (χ4n) is 1.64. The largest absolute Gasteiger partial charge is 0.493 e. The Hall–Kier alpha value is -2.81. The molecule has 2 rings (SSSR count). The molecule has 1 N–H and O–H groups in total. The highest BCUT2D eigenvalue weighted by molar-refractivity contribution is 5.90. The highest BCUT2D eigenvalue weighted by atomic mass is 16.5. The Morgan fingerprint density at radius 3 is 2.90 bits per heavy atom. The van der Waals surface area contributed by atoms with Crippen molar-refractivity contribution in [3.8, 4) is 11.8 Å². The summed E-state index contributed by atoms with van der Waals surface area (Å²) in [5.74, 6) is 0.756. The number of para-hydroxylation sites is 1. The van der Waals surface area contributed by atoms with Crippen LogP contribution >= 0.6 is 0 Å². The molecule has 1 aromatic heterocycles. The molecule has 0 aliphatic carbocycles. The van der Waals surface area contributed by atoms with Crippen LogP contribution in [0.15, 0.2) is 36.5 Å². The van der Waals surface area contributed by atoms with E-state index in [1.54, 1.807) is 13.2 Å². The lowest BCUT2D eigenvalue weighted by Crippen LogP contribution is -2.16. The number of hydrogen-bond acceptors (Lipinski definition) is 4. The second-order valence-electron chi connectivity index (χ2n) is 4.14. The van der Waals surface area contributed by atoms with E-state index >= 15 is 0 Å².